The van der Waals surface area contributed by atoms with Gasteiger partial charge in [-0.1, -0.05) is 36.4 Å². The third kappa shape index (κ3) is 3.61. The van der Waals surface area contributed by atoms with Crippen molar-refractivity contribution in [2.45, 2.75) is 12.1 Å². The summed E-state index contributed by atoms with van der Waals surface area (Å²) in [5, 5.41) is 21.8. The molecule has 26 heavy (non-hydrogen) atoms. The summed E-state index contributed by atoms with van der Waals surface area (Å²) in [6, 6.07) is 11.9. The molecule has 2 aromatic carbocycles. The molecule has 0 bridgehead atoms. The molecule has 2 atom stereocenters. The van der Waals surface area contributed by atoms with Gasteiger partial charge in [-0.3, -0.25) is 4.79 Å². The van der Waals surface area contributed by atoms with Crippen molar-refractivity contribution in [1.29, 1.82) is 0 Å². The first kappa shape index (κ1) is 18.1. The van der Waals surface area contributed by atoms with Crippen molar-refractivity contribution in [3.05, 3.63) is 59.7 Å². The minimum atomic E-state index is -3.40. The molecule has 0 saturated carbocycles. The molecule has 1 saturated heterocycles. The van der Waals surface area contributed by atoms with Gasteiger partial charge in [-0.25, -0.2) is 13.2 Å². The molecule has 0 aromatic heterocycles. The molecular formula is C18H17NO6S. The Balaban J connectivity index is 1.96. The van der Waals surface area contributed by atoms with Gasteiger partial charge in [-0.2, -0.15) is 0 Å². The number of amides is 1. The van der Waals surface area contributed by atoms with Crippen molar-refractivity contribution in [1.82, 2.24) is 5.32 Å². The number of sulfone groups is 1. The fourth-order valence-corrected chi connectivity index (χ4v) is 4.77. The topological polar surface area (TPSA) is 121 Å². The molecule has 8 heteroatoms. The van der Waals surface area contributed by atoms with Gasteiger partial charge in [-0.15, -0.1) is 0 Å². The van der Waals surface area contributed by atoms with Gasteiger partial charge in [0.1, 0.15) is 0 Å². The SMILES string of the molecule is O=C(O)c1ccccc1-c1ccccc1C(=O)NC1CS(=O)(=O)CC1O. The van der Waals surface area contributed by atoms with E-state index in [0.717, 1.165) is 0 Å². The number of aliphatic hydroxyl groups excluding tert-OH is 1. The van der Waals surface area contributed by atoms with Crippen LogP contribution in [0.25, 0.3) is 11.1 Å². The first-order valence-corrected chi connectivity index (χ1v) is 9.72. The van der Waals surface area contributed by atoms with Crippen LogP contribution in [0.2, 0.25) is 0 Å². The van der Waals surface area contributed by atoms with Gasteiger partial charge in [0, 0.05) is 5.56 Å². The van der Waals surface area contributed by atoms with Crippen molar-refractivity contribution >= 4 is 21.7 Å². The molecule has 1 fully saturated rings. The number of hydrogen-bond acceptors (Lipinski definition) is 5. The molecule has 0 spiro atoms. The Kier molecular flexibility index (Phi) is 4.80. The smallest absolute Gasteiger partial charge is 0.336 e. The van der Waals surface area contributed by atoms with Crippen molar-refractivity contribution < 1.29 is 28.2 Å². The molecule has 2 aromatic rings. The predicted molar refractivity (Wildman–Crippen MR) is 94.8 cm³/mol. The van der Waals surface area contributed by atoms with E-state index < -0.39 is 33.9 Å². The maximum absolute atomic E-state index is 12.7. The van der Waals surface area contributed by atoms with Gasteiger partial charge >= 0.3 is 5.97 Å². The lowest BCUT2D eigenvalue weighted by molar-refractivity contribution is 0.0697. The average molecular weight is 375 g/mol. The lowest BCUT2D eigenvalue weighted by Crippen LogP contribution is -2.42. The van der Waals surface area contributed by atoms with E-state index in [1.165, 1.54) is 12.1 Å². The second-order valence-electron chi connectivity index (χ2n) is 6.12. The van der Waals surface area contributed by atoms with Crippen LogP contribution < -0.4 is 5.32 Å². The number of rotatable bonds is 4. The standard InChI is InChI=1S/C18H17NO6S/c20-16-10-26(24,25)9-15(16)19-17(21)13-7-3-1-5-11(13)12-6-2-4-8-14(12)18(22)23/h1-8,15-16,20H,9-10H2,(H,19,21)(H,22,23). The summed E-state index contributed by atoms with van der Waals surface area (Å²) in [6.07, 6.45) is -1.16. The molecule has 7 nitrogen and oxygen atoms in total. The van der Waals surface area contributed by atoms with Crippen LogP contribution in [0.1, 0.15) is 20.7 Å². The Morgan fingerprint density at radius 3 is 2.00 bits per heavy atom. The number of aromatic carboxylic acids is 1. The van der Waals surface area contributed by atoms with Crippen LogP contribution in [0.15, 0.2) is 48.5 Å². The third-order valence-corrected chi connectivity index (χ3v) is 5.97. The molecule has 3 rings (SSSR count). The summed E-state index contributed by atoms with van der Waals surface area (Å²) in [5.41, 5.74) is 1.05. The van der Waals surface area contributed by atoms with Crippen molar-refractivity contribution in [3.8, 4) is 11.1 Å². The average Bonchev–Trinajstić information content (AvgIpc) is 2.86. The van der Waals surface area contributed by atoms with E-state index >= 15 is 0 Å². The molecule has 136 valence electrons. The summed E-state index contributed by atoms with van der Waals surface area (Å²) >= 11 is 0. The van der Waals surface area contributed by atoms with Crippen LogP contribution in [0.5, 0.6) is 0 Å². The van der Waals surface area contributed by atoms with E-state index in [2.05, 4.69) is 5.32 Å². The summed E-state index contributed by atoms with van der Waals surface area (Å²) in [6.45, 7) is 0. The van der Waals surface area contributed by atoms with E-state index in [-0.39, 0.29) is 22.6 Å². The van der Waals surface area contributed by atoms with Gasteiger partial charge in [0.05, 0.1) is 29.2 Å². The van der Waals surface area contributed by atoms with E-state index in [0.29, 0.717) is 11.1 Å². The molecule has 1 aliphatic heterocycles. The molecule has 1 heterocycles. The Hall–Kier alpha value is -2.71. The number of nitrogens with one attached hydrogen (secondary N) is 1. The van der Waals surface area contributed by atoms with Gasteiger partial charge in [0.25, 0.3) is 5.91 Å². The molecule has 0 radical (unpaired) electrons. The molecule has 3 N–H and O–H groups in total. The summed E-state index contributed by atoms with van der Waals surface area (Å²) in [4.78, 5) is 24.1. The number of carbonyl (C=O) groups excluding carboxylic acids is 1. The van der Waals surface area contributed by atoms with E-state index in [1.54, 1.807) is 36.4 Å². The summed E-state index contributed by atoms with van der Waals surface area (Å²) in [7, 11) is -3.40. The fourth-order valence-electron chi connectivity index (χ4n) is 3.03. The highest BCUT2D eigenvalue weighted by atomic mass is 32.2. The van der Waals surface area contributed by atoms with Crippen LogP contribution in [-0.4, -0.2) is 54.2 Å². The van der Waals surface area contributed by atoms with Crippen LogP contribution >= 0.6 is 0 Å². The molecule has 2 unspecified atom stereocenters. The van der Waals surface area contributed by atoms with Crippen molar-refractivity contribution in [3.63, 3.8) is 0 Å². The van der Waals surface area contributed by atoms with Gasteiger partial charge in [-0.05, 0) is 23.3 Å². The lowest BCUT2D eigenvalue weighted by atomic mass is 9.95. The first-order valence-electron chi connectivity index (χ1n) is 7.89. The zero-order chi connectivity index (χ0) is 18.9. The Labute approximate surface area is 150 Å². The van der Waals surface area contributed by atoms with E-state index in [4.69, 9.17) is 0 Å². The number of hydrogen-bond donors (Lipinski definition) is 3. The Morgan fingerprint density at radius 1 is 0.923 bits per heavy atom. The van der Waals surface area contributed by atoms with Gasteiger partial charge in [0.15, 0.2) is 9.84 Å². The minimum absolute atomic E-state index is 0.0521. The molecule has 1 aliphatic rings. The van der Waals surface area contributed by atoms with Crippen molar-refractivity contribution in [2.75, 3.05) is 11.5 Å². The molecule has 0 aliphatic carbocycles. The number of carboxylic acids is 1. The normalized spacial score (nSPS) is 21.3. The van der Waals surface area contributed by atoms with Crippen LogP contribution in [0, 0.1) is 0 Å². The maximum Gasteiger partial charge on any atom is 0.336 e. The number of aliphatic hydroxyl groups is 1. The van der Waals surface area contributed by atoms with E-state index in [9.17, 15) is 28.2 Å². The Morgan fingerprint density at radius 2 is 1.46 bits per heavy atom. The lowest BCUT2D eigenvalue weighted by Gasteiger charge is -2.17. The zero-order valence-corrected chi connectivity index (χ0v) is 14.4. The molecular weight excluding hydrogens is 358 g/mol. The highest BCUT2D eigenvalue weighted by molar-refractivity contribution is 7.91. The number of carboxylic acid groups (broad SMARTS) is 1. The predicted octanol–water partition coefficient (Wildman–Crippen LogP) is 0.939. The van der Waals surface area contributed by atoms with Crippen molar-refractivity contribution in [2.24, 2.45) is 0 Å². The second kappa shape index (κ2) is 6.89. The summed E-state index contributed by atoms with van der Waals surface area (Å²) in [5.74, 6) is -2.40. The van der Waals surface area contributed by atoms with E-state index in [1.807, 2.05) is 0 Å². The minimum Gasteiger partial charge on any atom is -0.478 e. The Bertz CT molecular complexity index is 969. The van der Waals surface area contributed by atoms with Crippen LogP contribution in [0.4, 0.5) is 0 Å². The second-order valence-corrected chi connectivity index (χ2v) is 8.27. The van der Waals surface area contributed by atoms with Gasteiger partial charge < -0.3 is 15.5 Å². The zero-order valence-electron chi connectivity index (χ0n) is 13.6. The monoisotopic (exact) mass is 375 g/mol. The van der Waals surface area contributed by atoms with Crippen LogP contribution in [-0.2, 0) is 9.84 Å². The largest absolute Gasteiger partial charge is 0.478 e. The quantitative estimate of drug-likeness (QED) is 0.731. The highest BCUT2D eigenvalue weighted by Gasteiger charge is 2.37. The highest BCUT2D eigenvalue weighted by Crippen LogP contribution is 2.27. The third-order valence-electron chi connectivity index (χ3n) is 4.26. The fraction of sp³-hybridized carbons (Fsp3) is 0.222. The molecule has 1 amide bonds. The number of carbonyl (C=O) groups is 2. The summed E-state index contributed by atoms with van der Waals surface area (Å²) < 4.78 is 23.2. The first-order chi connectivity index (χ1) is 12.3. The number of benzene rings is 2. The van der Waals surface area contributed by atoms with Gasteiger partial charge in [0.2, 0.25) is 0 Å². The maximum atomic E-state index is 12.7. The van der Waals surface area contributed by atoms with Crippen LogP contribution in [0.3, 0.4) is 0 Å².